The first-order valence-electron chi connectivity index (χ1n) is 7.47. The molecule has 2 aromatic carbocycles. The fraction of sp³-hybridized carbons (Fsp3) is 0.158. The van der Waals surface area contributed by atoms with Crippen LogP contribution in [0.1, 0.15) is 22.4 Å². The minimum absolute atomic E-state index is 0.126. The van der Waals surface area contributed by atoms with Crippen LogP contribution < -0.4 is 0 Å². The summed E-state index contributed by atoms with van der Waals surface area (Å²) in [6.45, 7) is 8.48. The van der Waals surface area contributed by atoms with Crippen LogP contribution in [0.3, 0.4) is 0 Å². The summed E-state index contributed by atoms with van der Waals surface area (Å²) in [7, 11) is 0. The molecule has 0 aliphatic heterocycles. The second-order valence-electron chi connectivity index (χ2n) is 5.73. The minimum Gasteiger partial charge on any atom is -0.331 e. The van der Waals surface area contributed by atoms with Gasteiger partial charge in [0.1, 0.15) is 5.69 Å². The largest absolute Gasteiger partial charge is 0.331 e. The monoisotopic (exact) mass is 306 g/mol. The molecule has 3 rings (SSSR count). The normalized spacial score (nSPS) is 10.9. The fourth-order valence-corrected chi connectivity index (χ4v) is 3.01. The molecule has 0 saturated carbocycles. The van der Waals surface area contributed by atoms with Crippen molar-refractivity contribution >= 4 is 22.7 Å². The predicted octanol–water partition coefficient (Wildman–Crippen LogP) is 4.86. The van der Waals surface area contributed by atoms with E-state index in [1.165, 1.54) is 11.1 Å². The van der Waals surface area contributed by atoms with Gasteiger partial charge in [-0.2, -0.15) is 0 Å². The molecule has 0 radical (unpaired) electrons. The average molecular weight is 306 g/mol. The highest BCUT2D eigenvalue weighted by molar-refractivity contribution is 5.94. The summed E-state index contributed by atoms with van der Waals surface area (Å²) in [5.74, 6) is 0. The van der Waals surface area contributed by atoms with E-state index in [1.807, 2.05) is 29.7 Å². The third-order valence-electron chi connectivity index (χ3n) is 4.19. The molecular formula is C19H18N2O2. The number of rotatable bonds is 4. The SMILES string of the molecule is C=Cc1c([N+](=O)[O-])c2ccccc2n1Cc1cc(C)ccc1C. The van der Waals surface area contributed by atoms with E-state index in [0.717, 1.165) is 11.1 Å². The van der Waals surface area contributed by atoms with Crippen LogP contribution >= 0.6 is 0 Å². The summed E-state index contributed by atoms with van der Waals surface area (Å²) >= 11 is 0. The molecule has 4 nitrogen and oxygen atoms in total. The first-order valence-corrected chi connectivity index (χ1v) is 7.47. The smallest absolute Gasteiger partial charge is 0.302 e. The van der Waals surface area contributed by atoms with E-state index in [-0.39, 0.29) is 10.6 Å². The van der Waals surface area contributed by atoms with Gasteiger partial charge in [0.25, 0.3) is 0 Å². The lowest BCUT2D eigenvalue weighted by Crippen LogP contribution is -2.04. The number of hydrogen-bond donors (Lipinski definition) is 0. The van der Waals surface area contributed by atoms with Crippen LogP contribution in [0.5, 0.6) is 0 Å². The average Bonchev–Trinajstić information content (AvgIpc) is 2.85. The van der Waals surface area contributed by atoms with Gasteiger partial charge < -0.3 is 4.57 Å². The van der Waals surface area contributed by atoms with Gasteiger partial charge in [0, 0.05) is 6.54 Å². The van der Waals surface area contributed by atoms with Crippen molar-refractivity contribution in [3.8, 4) is 0 Å². The lowest BCUT2D eigenvalue weighted by Gasteiger charge is -2.11. The van der Waals surface area contributed by atoms with Crippen molar-refractivity contribution in [3.05, 3.63) is 81.5 Å². The Balaban J connectivity index is 2.26. The molecule has 0 saturated heterocycles. The summed E-state index contributed by atoms with van der Waals surface area (Å²) in [5.41, 5.74) is 5.04. The van der Waals surface area contributed by atoms with Crippen LogP contribution in [0.15, 0.2) is 49.0 Å². The molecule has 1 heterocycles. The standard InChI is InChI=1S/C19H18N2O2/c1-4-17-19(21(22)23)16-7-5-6-8-18(16)20(17)12-15-11-13(2)9-10-14(15)3/h4-11H,1,12H2,2-3H3. The van der Waals surface area contributed by atoms with Crippen LogP contribution in [0.4, 0.5) is 5.69 Å². The second-order valence-corrected chi connectivity index (χ2v) is 5.73. The number of benzene rings is 2. The molecule has 116 valence electrons. The van der Waals surface area contributed by atoms with Gasteiger partial charge in [-0.1, -0.05) is 42.5 Å². The zero-order chi connectivity index (χ0) is 16.6. The Morgan fingerprint density at radius 3 is 2.65 bits per heavy atom. The van der Waals surface area contributed by atoms with E-state index < -0.39 is 0 Å². The van der Waals surface area contributed by atoms with Crippen molar-refractivity contribution in [2.75, 3.05) is 0 Å². The summed E-state index contributed by atoms with van der Waals surface area (Å²) in [4.78, 5) is 11.2. The highest BCUT2D eigenvalue weighted by atomic mass is 16.6. The Morgan fingerprint density at radius 1 is 1.22 bits per heavy atom. The van der Waals surface area contributed by atoms with Crippen molar-refractivity contribution in [3.63, 3.8) is 0 Å². The second kappa shape index (κ2) is 5.72. The molecule has 0 bridgehead atoms. The lowest BCUT2D eigenvalue weighted by atomic mass is 10.1. The van der Waals surface area contributed by atoms with Crippen molar-refractivity contribution < 1.29 is 4.92 Å². The van der Waals surface area contributed by atoms with Gasteiger partial charge in [0.15, 0.2) is 0 Å². The summed E-state index contributed by atoms with van der Waals surface area (Å²) in [5, 5.41) is 12.2. The maximum atomic E-state index is 11.5. The number of hydrogen-bond acceptors (Lipinski definition) is 2. The van der Waals surface area contributed by atoms with Crippen LogP contribution in [0.25, 0.3) is 17.0 Å². The van der Waals surface area contributed by atoms with Crippen molar-refractivity contribution in [1.29, 1.82) is 0 Å². The molecule has 0 unspecified atom stereocenters. The predicted molar refractivity (Wildman–Crippen MR) is 93.7 cm³/mol. The topological polar surface area (TPSA) is 48.1 Å². The molecular weight excluding hydrogens is 288 g/mol. The Hall–Kier alpha value is -2.88. The van der Waals surface area contributed by atoms with Gasteiger partial charge >= 0.3 is 5.69 Å². The molecule has 0 amide bonds. The number of nitro groups is 1. The quantitative estimate of drug-likeness (QED) is 0.510. The van der Waals surface area contributed by atoms with Gasteiger partial charge in [0.05, 0.1) is 15.8 Å². The fourth-order valence-electron chi connectivity index (χ4n) is 3.01. The molecule has 0 atom stereocenters. The van der Waals surface area contributed by atoms with Crippen molar-refractivity contribution in [2.24, 2.45) is 0 Å². The Kier molecular flexibility index (Phi) is 3.74. The molecule has 1 aromatic heterocycles. The summed E-state index contributed by atoms with van der Waals surface area (Å²) < 4.78 is 1.97. The number of aryl methyl sites for hydroxylation is 2. The van der Waals surface area contributed by atoms with Gasteiger partial charge in [-0.05, 0) is 43.2 Å². The molecule has 4 heteroatoms. The Morgan fingerprint density at radius 2 is 1.96 bits per heavy atom. The van der Waals surface area contributed by atoms with Crippen LogP contribution in [-0.4, -0.2) is 9.49 Å². The number of nitrogens with zero attached hydrogens (tertiary/aromatic N) is 2. The minimum atomic E-state index is -0.320. The van der Waals surface area contributed by atoms with E-state index in [4.69, 9.17) is 0 Å². The van der Waals surface area contributed by atoms with Crippen LogP contribution in [-0.2, 0) is 6.54 Å². The Bertz CT molecular complexity index is 923. The number of fused-ring (bicyclic) bond motifs is 1. The Labute approximate surface area is 134 Å². The molecule has 0 N–H and O–H groups in total. The molecule has 0 fully saturated rings. The summed E-state index contributed by atoms with van der Waals surface area (Å²) in [6, 6.07) is 13.7. The van der Waals surface area contributed by atoms with Crippen molar-refractivity contribution in [2.45, 2.75) is 20.4 Å². The highest BCUT2D eigenvalue weighted by Crippen LogP contribution is 2.34. The van der Waals surface area contributed by atoms with Gasteiger partial charge in [-0.15, -0.1) is 0 Å². The van der Waals surface area contributed by atoms with Crippen molar-refractivity contribution in [1.82, 2.24) is 4.57 Å². The van der Waals surface area contributed by atoms with E-state index in [9.17, 15) is 10.1 Å². The third-order valence-corrected chi connectivity index (χ3v) is 4.19. The lowest BCUT2D eigenvalue weighted by molar-refractivity contribution is -0.383. The van der Waals surface area contributed by atoms with Crippen LogP contribution in [0, 0.1) is 24.0 Å². The van der Waals surface area contributed by atoms with Gasteiger partial charge in [-0.3, -0.25) is 10.1 Å². The zero-order valence-electron chi connectivity index (χ0n) is 13.2. The highest BCUT2D eigenvalue weighted by Gasteiger charge is 2.24. The summed E-state index contributed by atoms with van der Waals surface area (Å²) in [6.07, 6.45) is 1.57. The number of para-hydroxylation sites is 1. The van der Waals surface area contributed by atoms with Crippen LogP contribution in [0.2, 0.25) is 0 Å². The van der Waals surface area contributed by atoms with E-state index in [1.54, 1.807) is 12.1 Å². The molecule has 3 aromatic rings. The maximum absolute atomic E-state index is 11.5. The third kappa shape index (κ3) is 2.52. The first-order chi connectivity index (χ1) is 11.0. The van der Waals surface area contributed by atoms with E-state index in [2.05, 4.69) is 31.7 Å². The van der Waals surface area contributed by atoms with Gasteiger partial charge in [0.2, 0.25) is 0 Å². The molecule has 0 spiro atoms. The molecule has 0 aliphatic rings. The van der Waals surface area contributed by atoms with Gasteiger partial charge in [-0.25, -0.2) is 0 Å². The number of aromatic nitrogens is 1. The van der Waals surface area contributed by atoms with E-state index in [0.29, 0.717) is 17.6 Å². The first kappa shape index (κ1) is 15.0. The molecule has 23 heavy (non-hydrogen) atoms. The molecule has 0 aliphatic carbocycles. The van der Waals surface area contributed by atoms with E-state index >= 15 is 0 Å². The maximum Gasteiger partial charge on any atom is 0.302 e. The zero-order valence-corrected chi connectivity index (χ0v) is 13.2.